The lowest BCUT2D eigenvalue weighted by atomic mass is 9.84. The van der Waals surface area contributed by atoms with Crippen molar-refractivity contribution in [2.75, 3.05) is 0 Å². The predicted molar refractivity (Wildman–Crippen MR) is 101 cm³/mol. The summed E-state index contributed by atoms with van der Waals surface area (Å²) in [5, 5.41) is 32.4. The number of nitrogens with zero attached hydrogens (tertiary/aromatic N) is 1. The molecule has 9 nitrogen and oxygen atoms in total. The van der Waals surface area contributed by atoms with Crippen LogP contribution in [-0.4, -0.2) is 25.1 Å². The number of nitro groups is 1. The molecule has 0 saturated carbocycles. The number of pyridine rings is 2. The molecule has 3 aromatic rings. The lowest BCUT2D eigenvalue weighted by Gasteiger charge is -2.19. The van der Waals surface area contributed by atoms with Crippen molar-refractivity contribution in [3.63, 3.8) is 0 Å². The molecule has 0 saturated heterocycles. The van der Waals surface area contributed by atoms with Crippen LogP contribution in [-0.2, 0) is 0 Å². The van der Waals surface area contributed by atoms with Crippen LogP contribution in [0.2, 0.25) is 0 Å². The molecule has 9 heteroatoms. The SMILES string of the molecule is Cc1cc(O)c(C(c2ccccc2[N+](=O)[O-])c2c(O)cc(C)[nH]c2=O)c(=O)[nH]1. The van der Waals surface area contributed by atoms with E-state index in [4.69, 9.17) is 0 Å². The number of H-pyrrole nitrogens is 2. The summed E-state index contributed by atoms with van der Waals surface area (Å²) in [5.74, 6) is -2.25. The summed E-state index contributed by atoms with van der Waals surface area (Å²) in [5.41, 5.74) is -1.62. The van der Waals surface area contributed by atoms with Crippen molar-refractivity contribution < 1.29 is 15.1 Å². The number of aryl methyl sites for hydroxylation is 2. The molecule has 0 amide bonds. The molecule has 3 rings (SSSR count). The monoisotopic (exact) mass is 383 g/mol. The van der Waals surface area contributed by atoms with Gasteiger partial charge in [0.05, 0.1) is 22.0 Å². The van der Waals surface area contributed by atoms with E-state index in [2.05, 4.69) is 9.97 Å². The maximum atomic E-state index is 12.6. The van der Waals surface area contributed by atoms with Gasteiger partial charge in [-0.05, 0) is 26.0 Å². The average molecular weight is 383 g/mol. The van der Waals surface area contributed by atoms with Crippen LogP contribution in [0.5, 0.6) is 11.5 Å². The van der Waals surface area contributed by atoms with Crippen LogP contribution in [0.25, 0.3) is 0 Å². The van der Waals surface area contributed by atoms with Gasteiger partial charge in [0.25, 0.3) is 16.8 Å². The van der Waals surface area contributed by atoms with Gasteiger partial charge >= 0.3 is 0 Å². The van der Waals surface area contributed by atoms with Crippen LogP contribution in [0, 0.1) is 24.0 Å². The van der Waals surface area contributed by atoms with Gasteiger partial charge in [0.1, 0.15) is 11.5 Å². The van der Waals surface area contributed by atoms with Gasteiger partial charge in [-0.3, -0.25) is 19.7 Å². The molecule has 0 radical (unpaired) electrons. The standard InChI is InChI=1S/C19H17N3O6/c1-9-7-13(23)16(18(25)20-9)15(11-5-3-4-6-12(11)22(27)28)17-14(24)8-10(2)21-19(17)26/h3-8,15H,1-2H3,(H2,20,23,25)(H2,21,24,26). The van der Waals surface area contributed by atoms with Crippen molar-refractivity contribution in [3.8, 4) is 11.5 Å². The first-order chi connectivity index (χ1) is 13.2. The van der Waals surface area contributed by atoms with Crippen molar-refractivity contribution in [2.45, 2.75) is 19.8 Å². The average Bonchev–Trinajstić information content (AvgIpc) is 2.58. The minimum atomic E-state index is -1.37. The predicted octanol–water partition coefficient (Wildman–Crippen LogP) is 2.18. The van der Waals surface area contributed by atoms with Crippen LogP contribution in [0.15, 0.2) is 46.0 Å². The number of para-hydroxylation sites is 1. The first-order valence-electron chi connectivity index (χ1n) is 8.29. The van der Waals surface area contributed by atoms with Crippen LogP contribution >= 0.6 is 0 Å². The molecule has 0 aliphatic carbocycles. The zero-order valence-electron chi connectivity index (χ0n) is 15.0. The van der Waals surface area contributed by atoms with Crippen LogP contribution < -0.4 is 11.1 Å². The first kappa shape index (κ1) is 18.9. The summed E-state index contributed by atoms with van der Waals surface area (Å²) in [4.78, 5) is 41.2. The summed E-state index contributed by atoms with van der Waals surface area (Å²) in [7, 11) is 0. The van der Waals surface area contributed by atoms with Crippen LogP contribution in [0.1, 0.15) is 34.0 Å². The number of aromatic nitrogens is 2. The summed E-state index contributed by atoms with van der Waals surface area (Å²) < 4.78 is 0. The van der Waals surface area contributed by atoms with E-state index in [0.717, 1.165) is 0 Å². The largest absolute Gasteiger partial charge is 0.507 e. The van der Waals surface area contributed by atoms with E-state index in [0.29, 0.717) is 11.4 Å². The van der Waals surface area contributed by atoms with Crippen molar-refractivity contribution in [3.05, 3.63) is 95.3 Å². The number of rotatable bonds is 4. The highest BCUT2D eigenvalue weighted by molar-refractivity contribution is 5.57. The van der Waals surface area contributed by atoms with Gasteiger partial charge in [-0.2, -0.15) is 0 Å². The highest BCUT2D eigenvalue weighted by Crippen LogP contribution is 2.40. The molecule has 0 unspecified atom stereocenters. The van der Waals surface area contributed by atoms with Crippen molar-refractivity contribution >= 4 is 5.69 Å². The molecule has 0 atom stereocenters. The zero-order chi connectivity index (χ0) is 20.6. The summed E-state index contributed by atoms with van der Waals surface area (Å²) in [6.07, 6.45) is 0. The Morgan fingerprint density at radius 2 is 1.39 bits per heavy atom. The van der Waals surface area contributed by atoms with Crippen LogP contribution in [0.4, 0.5) is 5.69 Å². The second-order valence-electron chi connectivity index (χ2n) is 6.41. The highest BCUT2D eigenvalue weighted by Gasteiger charge is 2.33. The minimum absolute atomic E-state index is 0.0122. The Kier molecular flexibility index (Phi) is 4.74. The fourth-order valence-corrected chi connectivity index (χ4v) is 3.27. The quantitative estimate of drug-likeness (QED) is 0.401. The molecule has 0 aliphatic rings. The lowest BCUT2D eigenvalue weighted by Crippen LogP contribution is -2.25. The Hall–Kier alpha value is -3.88. The summed E-state index contributed by atoms with van der Waals surface area (Å²) in [6.45, 7) is 3.11. The Morgan fingerprint density at radius 1 is 0.929 bits per heavy atom. The third kappa shape index (κ3) is 3.25. The topological polar surface area (TPSA) is 149 Å². The van der Waals surface area contributed by atoms with E-state index in [1.165, 1.54) is 36.4 Å². The Bertz CT molecular complexity index is 1130. The fraction of sp³-hybridized carbons (Fsp3) is 0.158. The van der Waals surface area contributed by atoms with Crippen molar-refractivity contribution in [2.24, 2.45) is 0 Å². The van der Waals surface area contributed by atoms with Gasteiger partial charge < -0.3 is 20.2 Å². The van der Waals surface area contributed by atoms with E-state index in [9.17, 15) is 29.9 Å². The smallest absolute Gasteiger partial charge is 0.273 e. The van der Waals surface area contributed by atoms with Crippen LogP contribution in [0.3, 0.4) is 0 Å². The maximum Gasteiger partial charge on any atom is 0.273 e. The van der Waals surface area contributed by atoms with E-state index < -0.39 is 33.5 Å². The number of nitro benzene ring substituents is 1. The summed E-state index contributed by atoms with van der Waals surface area (Å²) in [6, 6.07) is 8.10. The van der Waals surface area contributed by atoms with Gasteiger partial charge in [-0.15, -0.1) is 0 Å². The maximum absolute atomic E-state index is 12.6. The normalized spacial score (nSPS) is 11.0. The van der Waals surface area contributed by atoms with E-state index in [1.807, 2.05) is 0 Å². The molecule has 0 bridgehead atoms. The second kappa shape index (κ2) is 7.03. The molecular formula is C19H17N3O6. The molecule has 144 valence electrons. The molecule has 1 aromatic carbocycles. The van der Waals surface area contributed by atoms with E-state index >= 15 is 0 Å². The van der Waals surface area contributed by atoms with Gasteiger partial charge in [0, 0.05) is 23.0 Å². The van der Waals surface area contributed by atoms with E-state index in [1.54, 1.807) is 13.8 Å². The lowest BCUT2D eigenvalue weighted by molar-refractivity contribution is -0.385. The number of aromatic amines is 2. The number of benzene rings is 1. The zero-order valence-corrected chi connectivity index (χ0v) is 15.0. The van der Waals surface area contributed by atoms with Gasteiger partial charge in [-0.1, -0.05) is 18.2 Å². The molecule has 0 spiro atoms. The molecule has 4 N–H and O–H groups in total. The number of nitrogens with one attached hydrogen (secondary N) is 2. The summed E-state index contributed by atoms with van der Waals surface area (Å²) >= 11 is 0. The fourth-order valence-electron chi connectivity index (χ4n) is 3.27. The number of hydrogen-bond acceptors (Lipinski definition) is 6. The van der Waals surface area contributed by atoms with Gasteiger partial charge in [-0.25, -0.2) is 0 Å². The molecule has 28 heavy (non-hydrogen) atoms. The molecule has 2 aromatic heterocycles. The molecule has 0 aliphatic heterocycles. The molecule has 2 heterocycles. The third-order valence-electron chi connectivity index (χ3n) is 4.39. The number of hydrogen-bond donors (Lipinski definition) is 4. The molecular weight excluding hydrogens is 366 g/mol. The van der Waals surface area contributed by atoms with Crippen molar-refractivity contribution in [1.29, 1.82) is 0 Å². The third-order valence-corrected chi connectivity index (χ3v) is 4.39. The first-order valence-corrected chi connectivity index (χ1v) is 8.29. The van der Waals surface area contributed by atoms with Gasteiger partial charge in [0.2, 0.25) is 0 Å². The molecule has 0 fully saturated rings. The minimum Gasteiger partial charge on any atom is -0.507 e. The Balaban J connectivity index is 2.47. The van der Waals surface area contributed by atoms with Crippen molar-refractivity contribution in [1.82, 2.24) is 9.97 Å². The van der Waals surface area contributed by atoms with E-state index in [-0.39, 0.29) is 22.4 Å². The second-order valence-corrected chi connectivity index (χ2v) is 6.41. The number of aromatic hydroxyl groups is 2. The Labute approximate surface area is 158 Å². The van der Waals surface area contributed by atoms with Gasteiger partial charge in [0.15, 0.2) is 0 Å². The highest BCUT2D eigenvalue weighted by atomic mass is 16.6. The Morgan fingerprint density at radius 3 is 1.82 bits per heavy atom.